The Balaban J connectivity index is 3.65. The van der Waals surface area contributed by atoms with Gasteiger partial charge < -0.3 is 5.41 Å². The van der Waals surface area contributed by atoms with Crippen LogP contribution in [0.4, 0.5) is 4.39 Å². The van der Waals surface area contributed by atoms with Crippen LogP contribution in [0.1, 0.15) is 104 Å². The van der Waals surface area contributed by atoms with Crippen molar-refractivity contribution in [2.45, 2.75) is 99.1 Å². The zero-order chi connectivity index (χ0) is 26.6. The molecule has 1 aromatic carbocycles. The molecular weight excluding hydrogens is 429 g/mol. The van der Waals surface area contributed by atoms with Gasteiger partial charge in [-0.2, -0.15) is 0 Å². The molecule has 0 spiro atoms. The molecule has 1 N–H and O–H groups in total. The van der Waals surface area contributed by atoms with Crippen molar-refractivity contribution in [2.24, 2.45) is 5.41 Å². The van der Waals surface area contributed by atoms with Gasteiger partial charge in [-0.3, -0.25) is 0 Å². The third-order valence-corrected chi connectivity index (χ3v) is 6.71. The van der Waals surface area contributed by atoms with E-state index in [0.29, 0.717) is 5.56 Å². The number of halogens is 1. The van der Waals surface area contributed by atoms with Crippen LogP contribution in [-0.2, 0) is 12.1 Å². The van der Waals surface area contributed by atoms with Gasteiger partial charge >= 0.3 is 0 Å². The predicted molar refractivity (Wildman–Crippen MR) is 155 cm³/mol. The Hall–Kier alpha value is -2.48. The minimum absolute atomic E-state index is 0.216. The quantitative estimate of drug-likeness (QED) is 0.147. The van der Waals surface area contributed by atoms with Crippen LogP contribution < -0.4 is 0 Å². The maximum atomic E-state index is 15.4. The lowest BCUT2D eigenvalue weighted by molar-refractivity contribution is 0.221. The van der Waals surface area contributed by atoms with E-state index in [2.05, 4.69) is 78.1 Å². The minimum atomic E-state index is -1.46. The molecule has 192 valence electrons. The van der Waals surface area contributed by atoms with Gasteiger partial charge in [0.15, 0.2) is 0 Å². The average Bonchev–Trinajstić information content (AvgIpc) is 2.82. The molecule has 0 fully saturated rings. The fraction of sp³-hybridized carbons (Fsp3) is 0.485. The summed E-state index contributed by atoms with van der Waals surface area (Å²) < 4.78 is 15.4. The smallest absolute Gasteiger partial charge is 0.131 e. The van der Waals surface area contributed by atoms with E-state index in [9.17, 15) is 0 Å². The number of nitrogens with one attached hydrogen (secondary N) is 1. The molecule has 0 aliphatic heterocycles. The Labute approximate surface area is 215 Å². The van der Waals surface area contributed by atoms with Gasteiger partial charge in [0.25, 0.3) is 0 Å². The van der Waals surface area contributed by atoms with Crippen LogP contribution in [-0.4, -0.2) is 6.21 Å². The highest BCUT2D eigenvalue weighted by Gasteiger charge is 2.24. The first kappa shape index (κ1) is 30.6. The van der Waals surface area contributed by atoms with E-state index in [0.717, 1.165) is 54.4 Å². The second-order valence-corrected chi connectivity index (χ2v) is 10.5. The summed E-state index contributed by atoms with van der Waals surface area (Å²) in [5.74, 6) is 0. The zero-order valence-corrected chi connectivity index (χ0v) is 23.4. The Morgan fingerprint density at radius 2 is 1.74 bits per heavy atom. The highest BCUT2D eigenvalue weighted by Crippen LogP contribution is 2.36. The number of aryl methyl sites for hydroxylation is 1. The first-order valence-corrected chi connectivity index (χ1v) is 13.2. The third kappa shape index (κ3) is 9.24. The standard InChI is InChI=1S/C33H48FN/c1-10-14-15-17-26-18-19-30(31(22-26)33(8,9)34)28(13-4)23-29(27(12-3)16-11-2)20-21-32(6,7)25(5)24-35/h13,16,18-20,22-24,35H,4-5,10-12,14-15,17,21H2,1-3,6-9H3/b27-16-,28-23+,29-20-,35-24?. The Morgan fingerprint density at radius 1 is 1.06 bits per heavy atom. The molecule has 0 radical (unpaired) electrons. The monoisotopic (exact) mass is 477 g/mol. The number of rotatable bonds is 15. The molecule has 1 aromatic rings. The van der Waals surface area contributed by atoms with Gasteiger partial charge in [-0.25, -0.2) is 4.39 Å². The number of unbranched alkanes of at least 4 members (excludes halogenated alkanes) is 2. The molecule has 35 heavy (non-hydrogen) atoms. The van der Waals surface area contributed by atoms with E-state index in [1.165, 1.54) is 30.2 Å². The summed E-state index contributed by atoms with van der Waals surface area (Å²) in [5, 5.41) is 7.63. The Kier molecular flexibility index (Phi) is 12.4. The molecule has 2 heteroatoms. The van der Waals surface area contributed by atoms with Crippen LogP contribution >= 0.6 is 0 Å². The van der Waals surface area contributed by atoms with Crippen LogP contribution in [0.25, 0.3) is 5.57 Å². The topological polar surface area (TPSA) is 23.9 Å². The Bertz CT molecular complexity index is 963. The van der Waals surface area contributed by atoms with Crippen molar-refractivity contribution < 1.29 is 4.39 Å². The van der Waals surface area contributed by atoms with Gasteiger partial charge in [-0.05, 0) is 96.4 Å². The Morgan fingerprint density at radius 3 is 2.26 bits per heavy atom. The van der Waals surface area contributed by atoms with Gasteiger partial charge in [0, 0.05) is 6.21 Å². The summed E-state index contributed by atoms with van der Waals surface area (Å²) in [6, 6.07) is 6.26. The van der Waals surface area contributed by atoms with Crippen molar-refractivity contribution in [2.75, 3.05) is 0 Å². The molecule has 0 aromatic heterocycles. The molecule has 1 nitrogen and oxygen atoms in total. The first-order valence-electron chi connectivity index (χ1n) is 13.2. The van der Waals surface area contributed by atoms with Crippen LogP contribution in [0, 0.1) is 10.8 Å². The maximum absolute atomic E-state index is 15.4. The summed E-state index contributed by atoms with van der Waals surface area (Å²) in [7, 11) is 0. The number of benzene rings is 1. The summed E-state index contributed by atoms with van der Waals surface area (Å²) in [6.45, 7) is 22.2. The van der Waals surface area contributed by atoms with E-state index < -0.39 is 5.67 Å². The third-order valence-electron chi connectivity index (χ3n) is 6.71. The fourth-order valence-corrected chi connectivity index (χ4v) is 4.17. The summed E-state index contributed by atoms with van der Waals surface area (Å²) in [6.07, 6.45) is 16.9. The average molecular weight is 478 g/mol. The van der Waals surface area contributed by atoms with Gasteiger partial charge in [0.1, 0.15) is 5.67 Å². The van der Waals surface area contributed by atoms with Gasteiger partial charge in [0.05, 0.1) is 0 Å². The molecule has 0 saturated heterocycles. The lowest BCUT2D eigenvalue weighted by atomic mass is 9.81. The van der Waals surface area contributed by atoms with Crippen molar-refractivity contribution in [3.8, 4) is 0 Å². The van der Waals surface area contributed by atoms with Crippen molar-refractivity contribution >= 4 is 11.8 Å². The van der Waals surface area contributed by atoms with E-state index in [-0.39, 0.29) is 5.41 Å². The van der Waals surface area contributed by atoms with Crippen molar-refractivity contribution in [3.63, 3.8) is 0 Å². The van der Waals surface area contributed by atoms with Gasteiger partial charge in [-0.1, -0.05) is 97.0 Å². The normalized spacial score (nSPS) is 13.7. The van der Waals surface area contributed by atoms with E-state index in [1.807, 2.05) is 12.1 Å². The van der Waals surface area contributed by atoms with Crippen molar-refractivity contribution in [1.29, 1.82) is 5.41 Å². The summed E-state index contributed by atoms with van der Waals surface area (Å²) in [4.78, 5) is 0. The second kappa shape index (κ2) is 14.2. The fourth-order valence-electron chi connectivity index (χ4n) is 4.17. The molecule has 0 aliphatic carbocycles. The number of hydrogen-bond acceptors (Lipinski definition) is 1. The molecule has 0 unspecified atom stereocenters. The molecule has 0 atom stereocenters. The summed E-state index contributed by atoms with van der Waals surface area (Å²) in [5.41, 5.74) is 5.25. The molecule has 1 rings (SSSR count). The SMILES string of the molecule is C=C\C(=C/C(=C/CC(C)(C)C(=C)C=N)C(=C\CC)/CC)c1ccc(CCCCC)cc1C(C)(C)F. The molecule has 0 saturated carbocycles. The molecule has 0 heterocycles. The zero-order valence-electron chi connectivity index (χ0n) is 23.4. The maximum Gasteiger partial charge on any atom is 0.131 e. The summed E-state index contributed by atoms with van der Waals surface area (Å²) >= 11 is 0. The highest BCUT2D eigenvalue weighted by molar-refractivity contribution is 5.79. The first-order chi connectivity index (χ1) is 16.4. The molecule has 0 aliphatic rings. The molecular formula is C33H48FN. The molecule has 0 bridgehead atoms. The van der Waals surface area contributed by atoms with Crippen LogP contribution in [0.2, 0.25) is 0 Å². The van der Waals surface area contributed by atoms with Crippen molar-refractivity contribution in [1.82, 2.24) is 0 Å². The predicted octanol–water partition coefficient (Wildman–Crippen LogP) is 10.5. The number of allylic oxidation sites excluding steroid dienone is 8. The molecule has 0 amide bonds. The lowest BCUT2D eigenvalue weighted by Crippen LogP contribution is -2.14. The van der Waals surface area contributed by atoms with E-state index >= 15 is 4.39 Å². The van der Waals surface area contributed by atoms with Gasteiger partial charge in [-0.15, -0.1) is 0 Å². The van der Waals surface area contributed by atoms with Crippen molar-refractivity contribution in [3.05, 3.63) is 89.1 Å². The number of hydrogen-bond donors (Lipinski definition) is 1. The largest absolute Gasteiger partial charge is 0.308 e. The van der Waals surface area contributed by atoms with Gasteiger partial charge in [0.2, 0.25) is 0 Å². The van der Waals surface area contributed by atoms with Crippen LogP contribution in [0.5, 0.6) is 0 Å². The van der Waals surface area contributed by atoms with Crippen LogP contribution in [0.15, 0.2) is 72.4 Å². The van der Waals surface area contributed by atoms with E-state index in [1.54, 1.807) is 13.8 Å². The van der Waals surface area contributed by atoms with E-state index in [4.69, 9.17) is 5.41 Å². The number of alkyl halides is 1. The van der Waals surface area contributed by atoms with Crippen LogP contribution in [0.3, 0.4) is 0 Å². The highest BCUT2D eigenvalue weighted by atomic mass is 19.1. The second-order valence-electron chi connectivity index (χ2n) is 10.5. The lowest BCUT2D eigenvalue weighted by Gasteiger charge is -2.24. The minimum Gasteiger partial charge on any atom is -0.308 e.